The van der Waals surface area contributed by atoms with Crippen molar-refractivity contribution in [2.75, 3.05) is 13.6 Å². The predicted molar refractivity (Wildman–Crippen MR) is 97.0 cm³/mol. The van der Waals surface area contributed by atoms with Gasteiger partial charge in [-0.1, -0.05) is 24.5 Å². The van der Waals surface area contributed by atoms with Crippen molar-refractivity contribution >= 4 is 16.8 Å². The van der Waals surface area contributed by atoms with Crippen LogP contribution in [-0.4, -0.2) is 40.6 Å². The number of aliphatic hydroxyl groups is 1. The van der Waals surface area contributed by atoms with Crippen LogP contribution in [0.25, 0.3) is 10.9 Å². The number of H-pyrrole nitrogens is 1. The highest BCUT2D eigenvalue weighted by molar-refractivity contribution is 5.84. The summed E-state index contributed by atoms with van der Waals surface area (Å²) in [6.45, 7) is 2.76. The van der Waals surface area contributed by atoms with Gasteiger partial charge in [0.25, 0.3) is 0 Å². The van der Waals surface area contributed by atoms with Gasteiger partial charge in [0.1, 0.15) is 0 Å². The van der Waals surface area contributed by atoms with E-state index in [2.05, 4.69) is 30.1 Å². The Balaban J connectivity index is 1.57. The minimum atomic E-state index is -0.245. The molecule has 2 unspecified atom stereocenters. The second kappa shape index (κ2) is 7.39. The van der Waals surface area contributed by atoms with Gasteiger partial charge in [-0.15, -0.1) is 0 Å². The van der Waals surface area contributed by atoms with E-state index in [-0.39, 0.29) is 17.9 Å². The molecule has 24 heavy (non-hydrogen) atoms. The van der Waals surface area contributed by atoms with E-state index in [0.717, 1.165) is 31.2 Å². The van der Waals surface area contributed by atoms with Gasteiger partial charge in [0.15, 0.2) is 0 Å². The number of fused-ring (bicyclic) bond motifs is 1. The molecule has 1 heterocycles. The third-order valence-electron chi connectivity index (χ3n) is 5.33. The summed E-state index contributed by atoms with van der Waals surface area (Å²) in [6.07, 6.45) is 7.21. The molecule has 0 aliphatic heterocycles. The molecule has 1 amide bonds. The SMILES string of the molecule is Cc1ccc2[nH]cc(CCC(=O)N(C)CC3CCCCC3O)c2c1. The lowest BCUT2D eigenvalue weighted by Crippen LogP contribution is -2.38. The molecule has 2 atom stereocenters. The molecule has 0 radical (unpaired) electrons. The molecule has 1 saturated carbocycles. The largest absolute Gasteiger partial charge is 0.393 e. The number of nitrogens with zero attached hydrogens (tertiary/aromatic N) is 1. The number of benzene rings is 1. The first kappa shape index (κ1) is 17.0. The van der Waals surface area contributed by atoms with Gasteiger partial charge in [0, 0.05) is 43.0 Å². The average molecular weight is 328 g/mol. The Morgan fingerprint density at radius 2 is 2.12 bits per heavy atom. The first-order valence-electron chi connectivity index (χ1n) is 9.03. The molecule has 1 aliphatic carbocycles. The number of nitrogens with one attached hydrogen (secondary N) is 1. The van der Waals surface area contributed by atoms with Gasteiger partial charge >= 0.3 is 0 Å². The van der Waals surface area contributed by atoms with Crippen LogP contribution in [0.2, 0.25) is 0 Å². The fourth-order valence-electron chi connectivity index (χ4n) is 3.79. The lowest BCUT2D eigenvalue weighted by molar-refractivity contribution is -0.131. The van der Waals surface area contributed by atoms with Crippen LogP contribution in [0.5, 0.6) is 0 Å². The van der Waals surface area contributed by atoms with E-state index in [1.165, 1.54) is 22.9 Å². The van der Waals surface area contributed by atoms with Crippen molar-refractivity contribution in [1.29, 1.82) is 0 Å². The van der Waals surface area contributed by atoms with Crippen molar-refractivity contribution in [3.63, 3.8) is 0 Å². The van der Waals surface area contributed by atoms with Gasteiger partial charge in [-0.2, -0.15) is 0 Å². The number of aliphatic hydroxyl groups excluding tert-OH is 1. The van der Waals surface area contributed by atoms with Crippen LogP contribution < -0.4 is 0 Å². The molecule has 1 aromatic heterocycles. The number of carbonyl (C=O) groups is 1. The average Bonchev–Trinajstić information content (AvgIpc) is 2.96. The molecule has 2 aromatic rings. The Hall–Kier alpha value is -1.81. The number of aromatic amines is 1. The van der Waals surface area contributed by atoms with Crippen LogP contribution in [0, 0.1) is 12.8 Å². The Morgan fingerprint density at radius 1 is 1.33 bits per heavy atom. The van der Waals surface area contributed by atoms with Crippen LogP contribution >= 0.6 is 0 Å². The molecule has 0 bridgehead atoms. The quantitative estimate of drug-likeness (QED) is 0.883. The first-order chi connectivity index (χ1) is 11.5. The van der Waals surface area contributed by atoms with E-state index >= 15 is 0 Å². The molecule has 0 spiro atoms. The lowest BCUT2D eigenvalue weighted by Gasteiger charge is -2.31. The van der Waals surface area contributed by atoms with Gasteiger partial charge in [0.2, 0.25) is 5.91 Å². The van der Waals surface area contributed by atoms with Crippen LogP contribution in [-0.2, 0) is 11.2 Å². The van der Waals surface area contributed by atoms with Gasteiger partial charge < -0.3 is 15.0 Å². The zero-order chi connectivity index (χ0) is 17.1. The third-order valence-corrected chi connectivity index (χ3v) is 5.33. The summed E-state index contributed by atoms with van der Waals surface area (Å²) >= 11 is 0. The van der Waals surface area contributed by atoms with Crippen molar-refractivity contribution in [2.45, 2.75) is 51.6 Å². The van der Waals surface area contributed by atoms with E-state index in [1.807, 2.05) is 13.2 Å². The molecule has 2 N–H and O–H groups in total. The van der Waals surface area contributed by atoms with Gasteiger partial charge in [-0.05, 0) is 43.9 Å². The molecular formula is C20H28N2O2. The van der Waals surface area contributed by atoms with Gasteiger partial charge in [0.05, 0.1) is 6.10 Å². The maximum Gasteiger partial charge on any atom is 0.222 e. The van der Waals surface area contributed by atoms with Crippen molar-refractivity contribution in [2.24, 2.45) is 5.92 Å². The standard InChI is InChI=1S/C20H28N2O2/c1-14-7-9-18-17(11-14)15(12-21-18)8-10-20(24)22(2)13-16-5-3-4-6-19(16)23/h7,9,11-12,16,19,21,23H,3-6,8,10,13H2,1-2H3. The van der Waals surface area contributed by atoms with Gasteiger partial charge in [-0.25, -0.2) is 0 Å². The van der Waals surface area contributed by atoms with Crippen molar-refractivity contribution in [3.8, 4) is 0 Å². The van der Waals surface area contributed by atoms with E-state index in [0.29, 0.717) is 13.0 Å². The number of hydrogen-bond donors (Lipinski definition) is 2. The first-order valence-corrected chi connectivity index (χ1v) is 9.03. The summed E-state index contributed by atoms with van der Waals surface area (Å²) in [5.41, 5.74) is 3.56. The Kier molecular flexibility index (Phi) is 5.24. The highest BCUT2D eigenvalue weighted by atomic mass is 16.3. The molecule has 1 fully saturated rings. The lowest BCUT2D eigenvalue weighted by atomic mass is 9.86. The second-order valence-corrected chi connectivity index (χ2v) is 7.25. The molecule has 130 valence electrons. The fourth-order valence-corrected chi connectivity index (χ4v) is 3.79. The highest BCUT2D eigenvalue weighted by Gasteiger charge is 2.25. The zero-order valence-corrected chi connectivity index (χ0v) is 14.7. The number of aryl methyl sites for hydroxylation is 2. The minimum absolute atomic E-state index is 0.162. The molecule has 4 heteroatoms. The zero-order valence-electron chi connectivity index (χ0n) is 14.7. The molecule has 1 aromatic carbocycles. The monoisotopic (exact) mass is 328 g/mol. The van der Waals surface area contributed by atoms with E-state index in [1.54, 1.807) is 4.90 Å². The van der Waals surface area contributed by atoms with Crippen LogP contribution in [0.1, 0.15) is 43.2 Å². The molecule has 0 saturated heterocycles. The summed E-state index contributed by atoms with van der Waals surface area (Å²) in [6, 6.07) is 6.36. The Labute approximate surface area is 143 Å². The number of amides is 1. The van der Waals surface area contributed by atoms with Crippen LogP contribution in [0.3, 0.4) is 0 Å². The summed E-state index contributed by atoms with van der Waals surface area (Å²) in [4.78, 5) is 17.5. The maximum absolute atomic E-state index is 12.5. The number of aromatic nitrogens is 1. The Bertz CT molecular complexity index is 707. The Morgan fingerprint density at radius 3 is 2.92 bits per heavy atom. The normalized spacial score (nSPS) is 21.1. The minimum Gasteiger partial charge on any atom is -0.393 e. The smallest absolute Gasteiger partial charge is 0.222 e. The number of carbonyl (C=O) groups excluding carboxylic acids is 1. The highest BCUT2D eigenvalue weighted by Crippen LogP contribution is 2.25. The van der Waals surface area contributed by atoms with Crippen molar-refractivity contribution in [3.05, 3.63) is 35.5 Å². The van der Waals surface area contributed by atoms with Crippen LogP contribution in [0.4, 0.5) is 0 Å². The topological polar surface area (TPSA) is 56.3 Å². The van der Waals surface area contributed by atoms with Crippen molar-refractivity contribution in [1.82, 2.24) is 9.88 Å². The van der Waals surface area contributed by atoms with Gasteiger partial charge in [-0.3, -0.25) is 4.79 Å². The number of hydrogen-bond acceptors (Lipinski definition) is 2. The fraction of sp³-hybridized carbons (Fsp3) is 0.550. The third kappa shape index (κ3) is 3.81. The number of rotatable bonds is 5. The predicted octanol–water partition coefficient (Wildman–Crippen LogP) is 3.42. The maximum atomic E-state index is 12.5. The summed E-state index contributed by atoms with van der Waals surface area (Å²) in [5.74, 6) is 0.401. The molecule has 1 aliphatic rings. The van der Waals surface area contributed by atoms with E-state index in [9.17, 15) is 9.90 Å². The second-order valence-electron chi connectivity index (χ2n) is 7.25. The molecule has 3 rings (SSSR count). The van der Waals surface area contributed by atoms with E-state index < -0.39 is 0 Å². The summed E-state index contributed by atoms with van der Waals surface area (Å²) in [5, 5.41) is 11.3. The van der Waals surface area contributed by atoms with E-state index in [4.69, 9.17) is 0 Å². The van der Waals surface area contributed by atoms with Crippen LogP contribution in [0.15, 0.2) is 24.4 Å². The molecular weight excluding hydrogens is 300 g/mol. The molecule has 4 nitrogen and oxygen atoms in total. The summed E-state index contributed by atoms with van der Waals surface area (Å²) < 4.78 is 0. The summed E-state index contributed by atoms with van der Waals surface area (Å²) in [7, 11) is 1.86. The van der Waals surface area contributed by atoms with Crippen molar-refractivity contribution < 1.29 is 9.90 Å².